The van der Waals surface area contributed by atoms with Gasteiger partial charge < -0.3 is 10.2 Å². The highest BCUT2D eigenvalue weighted by Crippen LogP contribution is 2.24. The zero-order valence-corrected chi connectivity index (χ0v) is 12.9. The number of piperazine rings is 1. The van der Waals surface area contributed by atoms with E-state index in [2.05, 4.69) is 47.2 Å². The van der Waals surface area contributed by atoms with Crippen molar-refractivity contribution in [3.63, 3.8) is 0 Å². The monoisotopic (exact) mass is 273 g/mol. The lowest BCUT2D eigenvalue weighted by Gasteiger charge is -2.38. The normalized spacial score (nSPS) is 24.3. The zero-order chi connectivity index (χ0) is 13.9. The molecule has 2 aliphatic heterocycles. The summed E-state index contributed by atoms with van der Waals surface area (Å²) in [5.41, 5.74) is 4.28. The predicted octanol–water partition coefficient (Wildman–Crippen LogP) is 2.18. The molecule has 0 bridgehead atoms. The van der Waals surface area contributed by atoms with E-state index in [0.29, 0.717) is 0 Å². The quantitative estimate of drug-likeness (QED) is 0.910. The molecule has 2 aliphatic rings. The number of anilines is 1. The van der Waals surface area contributed by atoms with E-state index in [4.69, 9.17) is 0 Å². The molecule has 2 heterocycles. The number of hydrogen-bond donors (Lipinski definition) is 1. The maximum atomic E-state index is 3.61. The lowest BCUT2D eigenvalue weighted by molar-refractivity contribution is 0.236. The van der Waals surface area contributed by atoms with Gasteiger partial charge in [-0.05, 0) is 50.4 Å². The van der Waals surface area contributed by atoms with Crippen molar-refractivity contribution in [2.45, 2.75) is 32.7 Å². The number of nitrogens with zero attached hydrogens (tertiary/aromatic N) is 2. The largest absolute Gasteiger partial charge is 0.369 e. The van der Waals surface area contributed by atoms with Crippen LogP contribution in [-0.4, -0.2) is 50.2 Å². The summed E-state index contributed by atoms with van der Waals surface area (Å²) in [6.45, 7) is 11.6. The molecule has 3 nitrogen and oxygen atoms in total. The fourth-order valence-electron chi connectivity index (χ4n) is 3.47. The molecular formula is C17H27N3. The third-order valence-electron chi connectivity index (χ3n) is 4.93. The number of nitrogens with one attached hydrogen (secondary N) is 1. The SMILES string of the molecule is Cc1cccc(N2CCN(C[C@@H]3CCCN3)CC2)c1C. The summed E-state index contributed by atoms with van der Waals surface area (Å²) in [4.78, 5) is 5.19. The van der Waals surface area contributed by atoms with Crippen LogP contribution in [0.5, 0.6) is 0 Å². The van der Waals surface area contributed by atoms with Gasteiger partial charge in [0.05, 0.1) is 0 Å². The Kier molecular flexibility index (Phi) is 4.27. The van der Waals surface area contributed by atoms with Crippen LogP contribution in [-0.2, 0) is 0 Å². The molecule has 110 valence electrons. The molecule has 0 spiro atoms. The van der Waals surface area contributed by atoms with Crippen molar-refractivity contribution in [1.82, 2.24) is 10.2 Å². The molecule has 1 atom stereocenters. The van der Waals surface area contributed by atoms with E-state index in [0.717, 1.165) is 19.1 Å². The molecule has 2 saturated heterocycles. The first-order valence-corrected chi connectivity index (χ1v) is 8.01. The first-order valence-electron chi connectivity index (χ1n) is 8.01. The number of aryl methyl sites for hydroxylation is 1. The lowest BCUT2D eigenvalue weighted by atomic mass is 10.1. The Balaban J connectivity index is 1.56. The molecule has 3 heteroatoms. The minimum atomic E-state index is 0.738. The van der Waals surface area contributed by atoms with Crippen molar-refractivity contribution in [3.05, 3.63) is 29.3 Å². The first kappa shape index (κ1) is 13.9. The van der Waals surface area contributed by atoms with Crippen molar-refractivity contribution in [3.8, 4) is 0 Å². The van der Waals surface area contributed by atoms with Gasteiger partial charge in [-0.2, -0.15) is 0 Å². The second-order valence-corrected chi connectivity index (χ2v) is 6.30. The molecule has 0 aromatic heterocycles. The van der Waals surface area contributed by atoms with Crippen LogP contribution in [0.15, 0.2) is 18.2 Å². The van der Waals surface area contributed by atoms with E-state index in [1.54, 1.807) is 0 Å². The zero-order valence-electron chi connectivity index (χ0n) is 12.9. The summed E-state index contributed by atoms with van der Waals surface area (Å²) in [6.07, 6.45) is 2.71. The Labute approximate surface area is 123 Å². The Hall–Kier alpha value is -1.06. The third kappa shape index (κ3) is 2.99. The van der Waals surface area contributed by atoms with Gasteiger partial charge in [0.2, 0.25) is 0 Å². The summed E-state index contributed by atoms with van der Waals surface area (Å²) in [7, 11) is 0. The topological polar surface area (TPSA) is 18.5 Å². The highest BCUT2D eigenvalue weighted by atomic mass is 15.3. The maximum absolute atomic E-state index is 3.61. The average Bonchev–Trinajstić information content (AvgIpc) is 2.96. The van der Waals surface area contributed by atoms with Crippen LogP contribution in [0.25, 0.3) is 0 Å². The molecule has 0 amide bonds. The van der Waals surface area contributed by atoms with Gasteiger partial charge in [-0.25, -0.2) is 0 Å². The van der Waals surface area contributed by atoms with Crippen molar-refractivity contribution < 1.29 is 0 Å². The fraction of sp³-hybridized carbons (Fsp3) is 0.647. The summed E-state index contributed by atoms with van der Waals surface area (Å²) in [5.74, 6) is 0. The molecular weight excluding hydrogens is 246 g/mol. The molecule has 0 saturated carbocycles. The molecule has 1 aromatic carbocycles. The van der Waals surface area contributed by atoms with Gasteiger partial charge in [-0.1, -0.05) is 12.1 Å². The number of benzene rings is 1. The van der Waals surface area contributed by atoms with Crippen LogP contribution >= 0.6 is 0 Å². The molecule has 0 aliphatic carbocycles. The van der Waals surface area contributed by atoms with E-state index in [9.17, 15) is 0 Å². The van der Waals surface area contributed by atoms with Crippen LogP contribution in [0.3, 0.4) is 0 Å². The average molecular weight is 273 g/mol. The van der Waals surface area contributed by atoms with E-state index < -0.39 is 0 Å². The molecule has 0 unspecified atom stereocenters. The molecule has 0 radical (unpaired) electrons. The Morgan fingerprint density at radius 1 is 1.15 bits per heavy atom. The minimum Gasteiger partial charge on any atom is -0.369 e. The molecule has 20 heavy (non-hydrogen) atoms. The van der Waals surface area contributed by atoms with Gasteiger partial charge >= 0.3 is 0 Å². The van der Waals surface area contributed by atoms with Gasteiger partial charge in [0.15, 0.2) is 0 Å². The smallest absolute Gasteiger partial charge is 0.0399 e. The number of rotatable bonds is 3. The lowest BCUT2D eigenvalue weighted by Crippen LogP contribution is -2.50. The highest BCUT2D eigenvalue weighted by Gasteiger charge is 2.22. The van der Waals surface area contributed by atoms with Crippen molar-refractivity contribution >= 4 is 5.69 Å². The van der Waals surface area contributed by atoms with Crippen molar-refractivity contribution in [2.24, 2.45) is 0 Å². The predicted molar refractivity (Wildman–Crippen MR) is 85.6 cm³/mol. The van der Waals surface area contributed by atoms with E-state index in [-0.39, 0.29) is 0 Å². The Bertz CT molecular complexity index is 444. The summed E-state index contributed by atoms with van der Waals surface area (Å²) in [6, 6.07) is 7.41. The van der Waals surface area contributed by atoms with Gasteiger partial charge in [0.1, 0.15) is 0 Å². The maximum Gasteiger partial charge on any atom is 0.0399 e. The fourth-order valence-corrected chi connectivity index (χ4v) is 3.47. The van der Waals surface area contributed by atoms with Crippen LogP contribution in [0, 0.1) is 13.8 Å². The van der Waals surface area contributed by atoms with Gasteiger partial charge in [-0.3, -0.25) is 4.90 Å². The van der Waals surface area contributed by atoms with Gasteiger partial charge in [0, 0.05) is 44.5 Å². The number of hydrogen-bond acceptors (Lipinski definition) is 3. The van der Waals surface area contributed by atoms with E-state index in [1.807, 2.05) is 0 Å². The summed E-state index contributed by atoms with van der Waals surface area (Å²) >= 11 is 0. The molecule has 2 fully saturated rings. The van der Waals surface area contributed by atoms with Crippen molar-refractivity contribution in [1.29, 1.82) is 0 Å². The van der Waals surface area contributed by atoms with Crippen molar-refractivity contribution in [2.75, 3.05) is 44.2 Å². The minimum absolute atomic E-state index is 0.738. The van der Waals surface area contributed by atoms with Gasteiger partial charge in [-0.15, -0.1) is 0 Å². The van der Waals surface area contributed by atoms with Crippen LogP contribution in [0.2, 0.25) is 0 Å². The second kappa shape index (κ2) is 6.15. The summed E-state index contributed by atoms with van der Waals surface area (Å²) < 4.78 is 0. The van der Waals surface area contributed by atoms with E-state index >= 15 is 0 Å². The van der Waals surface area contributed by atoms with Crippen LogP contribution in [0.1, 0.15) is 24.0 Å². The van der Waals surface area contributed by atoms with Gasteiger partial charge in [0.25, 0.3) is 0 Å². The molecule has 1 N–H and O–H groups in total. The molecule has 1 aromatic rings. The summed E-state index contributed by atoms with van der Waals surface area (Å²) in [5, 5.41) is 3.61. The standard InChI is InChI=1S/C17H27N3/c1-14-5-3-7-17(15(14)2)20-11-9-19(10-12-20)13-16-6-4-8-18-16/h3,5,7,16,18H,4,6,8-13H2,1-2H3/t16-/m0/s1. The second-order valence-electron chi connectivity index (χ2n) is 6.30. The van der Waals surface area contributed by atoms with E-state index in [1.165, 1.54) is 55.8 Å². The van der Waals surface area contributed by atoms with Crippen LogP contribution in [0.4, 0.5) is 5.69 Å². The van der Waals surface area contributed by atoms with Crippen LogP contribution < -0.4 is 10.2 Å². The first-order chi connectivity index (χ1) is 9.74. The third-order valence-corrected chi connectivity index (χ3v) is 4.93. The highest BCUT2D eigenvalue weighted by molar-refractivity contribution is 5.56. The Morgan fingerprint density at radius 3 is 2.65 bits per heavy atom. The molecule has 3 rings (SSSR count). The Morgan fingerprint density at radius 2 is 1.95 bits per heavy atom.